The molecular weight excluding hydrogens is 454 g/mol. The van der Waals surface area contributed by atoms with E-state index >= 15 is 0 Å². The zero-order valence-electron chi connectivity index (χ0n) is 15.9. The van der Waals surface area contributed by atoms with Gasteiger partial charge in [-0.25, -0.2) is 8.42 Å². The van der Waals surface area contributed by atoms with E-state index in [4.69, 9.17) is 0 Å². The molecule has 2 N–H and O–H groups in total. The molecule has 3 aromatic rings. The first-order valence-electron chi connectivity index (χ1n) is 8.86. The first-order valence-corrected chi connectivity index (χ1v) is 11.1. The van der Waals surface area contributed by atoms with Crippen LogP contribution < -0.4 is 10.0 Å². The third-order valence-corrected chi connectivity index (χ3v) is 6.38. The summed E-state index contributed by atoms with van der Waals surface area (Å²) in [7, 11) is -3.86. The summed E-state index contributed by atoms with van der Waals surface area (Å²) in [4.78, 5) is 16.6. The molecule has 0 bridgehead atoms. The van der Waals surface area contributed by atoms with E-state index in [0.29, 0.717) is 10.2 Å². The molecule has 1 atom stereocenters. The standard InChI is InChI=1S/C21H20BrN3O3S/c1-14-6-7-19(22)20(12-14)25-29(27,28)18-5-3-4-17(13-18)21(26)24-15(2)16-8-10-23-11-9-16/h3-13,15,25H,1-2H3,(H,24,26)/t15-/m1/s1. The normalized spacial score (nSPS) is 12.2. The summed E-state index contributed by atoms with van der Waals surface area (Å²) in [6.07, 6.45) is 3.31. The number of halogens is 1. The number of carbonyl (C=O) groups excluding carboxylic acids is 1. The Morgan fingerprint density at radius 1 is 1.07 bits per heavy atom. The van der Waals surface area contributed by atoms with Gasteiger partial charge in [-0.2, -0.15) is 0 Å². The first kappa shape index (κ1) is 21.0. The fraction of sp³-hybridized carbons (Fsp3) is 0.143. The molecule has 2 aromatic carbocycles. The molecule has 6 nitrogen and oxygen atoms in total. The summed E-state index contributed by atoms with van der Waals surface area (Å²) in [5.74, 6) is -0.358. The minimum Gasteiger partial charge on any atom is -0.346 e. The Labute approximate surface area is 178 Å². The summed E-state index contributed by atoms with van der Waals surface area (Å²) >= 11 is 3.35. The van der Waals surface area contributed by atoms with Crippen LogP contribution in [0.5, 0.6) is 0 Å². The Morgan fingerprint density at radius 2 is 1.79 bits per heavy atom. The maximum atomic E-state index is 12.8. The van der Waals surface area contributed by atoms with Gasteiger partial charge in [-0.1, -0.05) is 12.1 Å². The third-order valence-electron chi connectivity index (χ3n) is 4.33. The first-order chi connectivity index (χ1) is 13.8. The average molecular weight is 474 g/mol. The van der Waals surface area contributed by atoms with Crippen LogP contribution >= 0.6 is 15.9 Å². The Balaban J connectivity index is 1.81. The molecule has 1 amide bonds. The van der Waals surface area contributed by atoms with Crippen LogP contribution in [0.4, 0.5) is 5.69 Å². The molecule has 0 spiro atoms. The summed E-state index contributed by atoms with van der Waals surface area (Å²) < 4.78 is 28.8. The summed E-state index contributed by atoms with van der Waals surface area (Å²) in [6, 6.07) is 14.7. The number of nitrogens with zero attached hydrogens (tertiary/aromatic N) is 1. The van der Waals surface area contributed by atoms with Gasteiger partial charge in [-0.05, 0) is 83.4 Å². The van der Waals surface area contributed by atoms with E-state index in [2.05, 4.69) is 31.0 Å². The monoisotopic (exact) mass is 473 g/mol. The zero-order valence-corrected chi connectivity index (χ0v) is 18.3. The largest absolute Gasteiger partial charge is 0.346 e. The second-order valence-electron chi connectivity index (χ2n) is 6.59. The molecule has 0 aliphatic carbocycles. The van der Waals surface area contributed by atoms with Crippen LogP contribution in [0.25, 0.3) is 0 Å². The van der Waals surface area contributed by atoms with E-state index in [1.54, 1.807) is 36.7 Å². The van der Waals surface area contributed by atoms with Crippen molar-refractivity contribution in [2.75, 3.05) is 4.72 Å². The number of hydrogen-bond donors (Lipinski definition) is 2. The summed E-state index contributed by atoms with van der Waals surface area (Å²) in [5, 5.41) is 2.87. The van der Waals surface area contributed by atoms with Crippen molar-refractivity contribution in [3.63, 3.8) is 0 Å². The number of rotatable bonds is 6. The second kappa shape index (κ2) is 8.75. The van der Waals surface area contributed by atoms with Crippen molar-refractivity contribution in [3.05, 3.63) is 88.2 Å². The van der Waals surface area contributed by atoms with Gasteiger partial charge in [-0.3, -0.25) is 14.5 Å². The predicted octanol–water partition coefficient (Wildman–Crippen LogP) is 4.44. The number of pyridine rings is 1. The highest BCUT2D eigenvalue weighted by atomic mass is 79.9. The van der Waals surface area contributed by atoms with Gasteiger partial charge in [0.2, 0.25) is 0 Å². The van der Waals surface area contributed by atoms with Gasteiger partial charge in [0, 0.05) is 22.4 Å². The third kappa shape index (κ3) is 5.21. The molecule has 0 aliphatic rings. The van der Waals surface area contributed by atoms with Crippen LogP contribution in [0.2, 0.25) is 0 Å². The van der Waals surface area contributed by atoms with E-state index in [-0.39, 0.29) is 22.4 Å². The van der Waals surface area contributed by atoms with Crippen LogP contribution in [0, 0.1) is 6.92 Å². The highest BCUT2D eigenvalue weighted by molar-refractivity contribution is 9.10. The van der Waals surface area contributed by atoms with Gasteiger partial charge < -0.3 is 5.32 Å². The Bertz CT molecular complexity index is 1130. The molecule has 0 unspecified atom stereocenters. The van der Waals surface area contributed by atoms with Crippen LogP contribution in [-0.4, -0.2) is 19.3 Å². The summed E-state index contributed by atoms with van der Waals surface area (Å²) in [6.45, 7) is 3.73. The van der Waals surface area contributed by atoms with E-state index in [1.807, 2.05) is 32.0 Å². The Morgan fingerprint density at radius 3 is 2.52 bits per heavy atom. The molecule has 0 radical (unpaired) electrons. The zero-order chi connectivity index (χ0) is 21.0. The number of aryl methyl sites for hydroxylation is 1. The van der Waals surface area contributed by atoms with Crippen molar-refractivity contribution < 1.29 is 13.2 Å². The van der Waals surface area contributed by atoms with Crippen LogP contribution in [0.1, 0.15) is 34.5 Å². The topological polar surface area (TPSA) is 88.2 Å². The van der Waals surface area contributed by atoms with Crippen molar-refractivity contribution in [1.29, 1.82) is 0 Å². The quantitative estimate of drug-likeness (QED) is 0.553. The molecule has 0 fully saturated rings. The molecule has 150 valence electrons. The van der Waals surface area contributed by atoms with Crippen molar-refractivity contribution >= 4 is 37.5 Å². The fourth-order valence-corrected chi connectivity index (χ4v) is 4.33. The highest BCUT2D eigenvalue weighted by Gasteiger charge is 2.19. The molecule has 0 aliphatic heterocycles. The van der Waals surface area contributed by atoms with Crippen LogP contribution in [0.15, 0.2) is 76.4 Å². The van der Waals surface area contributed by atoms with E-state index in [0.717, 1.165) is 11.1 Å². The number of sulfonamides is 1. The summed E-state index contributed by atoms with van der Waals surface area (Å²) in [5.41, 5.74) is 2.52. The molecule has 1 aromatic heterocycles. The second-order valence-corrected chi connectivity index (χ2v) is 9.13. The Hall–Kier alpha value is -2.71. The highest BCUT2D eigenvalue weighted by Crippen LogP contribution is 2.26. The molecule has 8 heteroatoms. The molecular formula is C21H20BrN3O3S. The number of anilines is 1. The van der Waals surface area contributed by atoms with E-state index in [9.17, 15) is 13.2 Å². The van der Waals surface area contributed by atoms with Crippen LogP contribution in [0.3, 0.4) is 0 Å². The van der Waals surface area contributed by atoms with Gasteiger partial charge in [0.25, 0.3) is 15.9 Å². The van der Waals surface area contributed by atoms with Gasteiger partial charge >= 0.3 is 0 Å². The van der Waals surface area contributed by atoms with Gasteiger partial charge in [0.1, 0.15) is 0 Å². The van der Waals surface area contributed by atoms with Crippen LogP contribution in [-0.2, 0) is 10.0 Å². The van der Waals surface area contributed by atoms with Gasteiger partial charge in [0.15, 0.2) is 0 Å². The van der Waals surface area contributed by atoms with Crippen molar-refractivity contribution in [2.45, 2.75) is 24.8 Å². The van der Waals surface area contributed by atoms with Crippen molar-refractivity contribution in [1.82, 2.24) is 10.3 Å². The number of amides is 1. The minimum atomic E-state index is -3.86. The molecule has 3 rings (SSSR count). The number of carbonyl (C=O) groups is 1. The lowest BCUT2D eigenvalue weighted by atomic mass is 10.1. The lowest BCUT2D eigenvalue weighted by molar-refractivity contribution is 0.0939. The van der Waals surface area contributed by atoms with Gasteiger partial charge in [-0.15, -0.1) is 0 Å². The SMILES string of the molecule is Cc1ccc(Br)c(NS(=O)(=O)c2cccc(C(=O)N[C@H](C)c3ccncc3)c2)c1. The molecule has 1 heterocycles. The number of benzene rings is 2. The van der Waals surface area contributed by atoms with E-state index in [1.165, 1.54) is 12.1 Å². The number of aromatic nitrogens is 1. The smallest absolute Gasteiger partial charge is 0.261 e. The van der Waals surface area contributed by atoms with Crippen molar-refractivity contribution in [2.24, 2.45) is 0 Å². The lowest BCUT2D eigenvalue weighted by Crippen LogP contribution is -2.27. The lowest BCUT2D eigenvalue weighted by Gasteiger charge is -2.15. The maximum absolute atomic E-state index is 12.8. The minimum absolute atomic E-state index is 0.00937. The molecule has 0 saturated carbocycles. The Kier molecular flexibility index (Phi) is 6.34. The van der Waals surface area contributed by atoms with Gasteiger partial charge in [0.05, 0.1) is 16.6 Å². The fourth-order valence-electron chi connectivity index (χ4n) is 2.74. The van der Waals surface area contributed by atoms with E-state index < -0.39 is 10.0 Å². The molecule has 0 saturated heterocycles. The predicted molar refractivity (Wildman–Crippen MR) is 116 cm³/mol. The number of hydrogen-bond acceptors (Lipinski definition) is 4. The average Bonchev–Trinajstić information content (AvgIpc) is 2.71. The van der Waals surface area contributed by atoms with Crippen molar-refractivity contribution in [3.8, 4) is 0 Å². The maximum Gasteiger partial charge on any atom is 0.261 e. The number of nitrogens with one attached hydrogen (secondary N) is 2. The molecule has 29 heavy (non-hydrogen) atoms.